The largest absolute Gasteiger partial charge is 0.342 e. The molecule has 3 aliphatic rings. The molecule has 158 valence electrons. The van der Waals surface area contributed by atoms with Gasteiger partial charge in [0.1, 0.15) is 5.69 Å². The van der Waals surface area contributed by atoms with Crippen LogP contribution >= 0.6 is 0 Å². The molecule has 0 N–H and O–H groups in total. The Morgan fingerprint density at radius 2 is 1.77 bits per heavy atom. The van der Waals surface area contributed by atoms with Crippen LogP contribution in [0.2, 0.25) is 0 Å². The second kappa shape index (κ2) is 7.34. The highest BCUT2D eigenvalue weighted by molar-refractivity contribution is 5.96. The molecule has 30 heavy (non-hydrogen) atoms. The Bertz CT molecular complexity index is 984. The normalized spacial score (nSPS) is 26.7. The number of rotatable bonds is 3. The zero-order chi connectivity index (χ0) is 20.9. The van der Waals surface area contributed by atoms with Crippen LogP contribution < -0.4 is 0 Å². The van der Waals surface area contributed by atoms with E-state index in [0.717, 1.165) is 49.9 Å². The lowest BCUT2D eigenvalue weighted by Gasteiger charge is -2.33. The van der Waals surface area contributed by atoms with Gasteiger partial charge in [0.15, 0.2) is 0 Å². The molecule has 0 radical (unpaired) electrons. The van der Waals surface area contributed by atoms with Crippen molar-refractivity contribution in [3.8, 4) is 0 Å². The molecule has 0 spiro atoms. The number of para-hydroxylation sites is 1. The molecule has 3 aliphatic heterocycles. The van der Waals surface area contributed by atoms with Crippen LogP contribution in [0.15, 0.2) is 36.4 Å². The average molecular weight is 407 g/mol. The summed E-state index contributed by atoms with van der Waals surface area (Å²) in [5.74, 6) is 0.396. The van der Waals surface area contributed by atoms with Crippen molar-refractivity contribution < 1.29 is 9.59 Å². The Balaban J connectivity index is 1.42. The van der Waals surface area contributed by atoms with E-state index in [1.807, 2.05) is 46.2 Å². The molecule has 4 heterocycles. The smallest absolute Gasteiger partial charge is 0.272 e. The lowest BCUT2D eigenvalue weighted by Crippen LogP contribution is -2.49. The van der Waals surface area contributed by atoms with Crippen molar-refractivity contribution in [1.29, 1.82) is 0 Å². The van der Waals surface area contributed by atoms with E-state index in [4.69, 9.17) is 0 Å². The number of carbonyl (C=O) groups is 2. The van der Waals surface area contributed by atoms with E-state index >= 15 is 0 Å². The van der Waals surface area contributed by atoms with Gasteiger partial charge in [-0.2, -0.15) is 0 Å². The van der Waals surface area contributed by atoms with E-state index in [1.54, 1.807) is 0 Å². The van der Waals surface area contributed by atoms with Gasteiger partial charge in [0, 0.05) is 56.6 Å². The summed E-state index contributed by atoms with van der Waals surface area (Å²) < 4.78 is 0. The second-order valence-corrected chi connectivity index (χ2v) is 9.45. The van der Waals surface area contributed by atoms with Gasteiger partial charge in [0.2, 0.25) is 5.91 Å². The molecule has 3 saturated heterocycles. The molecule has 1 aromatic carbocycles. The summed E-state index contributed by atoms with van der Waals surface area (Å²) in [6.07, 6.45) is 2.17. The monoisotopic (exact) mass is 406 g/mol. The fourth-order valence-electron chi connectivity index (χ4n) is 5.54. The van der Waals surface area contributed by atoms with Gasteiger partial charge in [0.05, 0.1) is 10.9 Å². The molecule has 6 heteroatoms. The number of hydrogen-bond acceptors (Lipinski definition) is 4. The van der Waals surface area contributed by atoms with Gasteiger partial charge in [-0.15, -0.1) is 0 Å². The molecular formula is C24H30N4O2. The van der Waals surface area contributed by atoms with Crippen LogP contribution in [0.1, 0.15) is 37.2 Å². The van der Waals surface area contributed by atoms with E-state index in [1.165, 1.54) is 0 Å². The minimum absolute atomic E-state index is 0.0557. The molecule has 2 aromatic rings. The van der Waals surface area contributed by atoms with Crippen LogP contribution in [0.4, 0.5) is 0 Å². The molecule has 5 rings (SSSR count). The van der Waals surface area contributed by atoms with Crippen molar-refractivity contribution in [3.63, 3.8) is 0 Å². The first-order valence-electron chi connectivity index (χ1n) is 11.2. The number of benzene rings is 1. The molecule has 1 aromatic heterocycles. The van der Waals surface area contributed by atoms with E-state index in [2.05, 4.69) is 23.7 Å². The van der Waals surface area contributed by atoms with E-state index < -0.39 is 5.41 Å². The van der Waals surface area contributed by atoms with Crippen molar-refractivity contribution in [3.05, 3.63) is 42.1 Å². The Labute approximate surface area is 177 Å². The van der Waals surface area contributed by atoms with Gasteiger partial charge in [0.25, 0.3) is 5.91 Å². The number of pyridine rings is 1. The maximum Gasteiger partial charge on any atom is 0.272 e. The van der Waals surface area contributed by atoms with Crippen molar-refractivity contribution in [2.45, 2.75) is 32.7 Å². The number of fused-ring (bicyclic) bond motifs is 2. The zero-order valence-electron chi connectivity index (χ0n) is 17.9. The van der Waals surface area contributed by atoms with Gasteiger partial charge < -0.3 is 9.80 Å². The van der Waals surface area contributed by atoms with Crippen LogP contribution in [0.3, 0.4) is 0 Å². The van der Waals surface area contributed by atoms with Gasteiger partial charge >= 0.3 is 0 Å². The number of amides is 2. The highest BCUT2D eigenvalue weighted by Gasteiger charge is 2.59. The van der Waals surface area contributed by atoms with Crippen LogP contribution in [0.25, 0.3) is 10.9 Å². The predicted octanol–water partition coefficient (Wildman–Crippen LogP) is 2.64. The third-order valence-corrected chi connectivity index (χ3v) is 7.29. The number of nitrogens with zero attached hydrogens (tertiary/aromatic N) is 4. The number of likely N-dealkylation sites (tertiary alicyclic amines) is 3. The van der Waals surface area contributed by atoms with Gasteiger partial charge in [-0.25, -0.2) is 4.98 Å². The lowest BCUT2D eigenvalue weighted by atomic mass is 9.79. The highest BCUT2D eigenvalue weighted by Crippen LogP contribution is 2.45. The predicted molar refractivity (Wildman–Crippen MR) is 116 cm³/mol. The quantitative estimate of drug-likeness (QED) is 0.786. The van der Waals surface area contributed by atoms with Crippen LogP contribution in [0.5, 0.6) is 0 Å². The third kappa shape index (κ3) is 3.09. The van der Waals surface area contributed by atoms with Crippen molar-refractivity contribution in [1.82, 2.24) is 19.7 Å². The first-order chi connectivity index (χ1) is 14.5. The summed E-state index contributed by atoms with van der Waals surface area (Å²) in [6.45, 7) is 8.86. The molecule has 0 saturated carbocycles. The SMILES string of the molecule is CC(C)N1C[C@H]2CN(C(=O)c3ccc4ccccc4n3)C[C@@]2(C(=O)N2CCCC2)C1. The summed E-state index contributed by atoms with van der Waals surface area (Å²) in [5.41, 5.74) is 0.830. The van der Waals surface area contributed by atoms with Gasteiger partial charge in [-0.3, -0.25) is 14.5 Å². The minimum Gasteiger partial charge on any atom is -0.342 e. The first kappa shape index (κ1) is 19.5. The van der Waals surface area contributed by atoms with E-state index in [0.29, 0.717) is 24.8 Å². The van der Waals surface area contributed by atoms with Crippen LogP contribution in [0, 0.1) is 11.3 Å². The molecule has 0 unspecified atom stereocenters. The highest BCUT2D eigenvalue weighted by atomic mass is 16.2. The summed E-state index contributed by atoms with van der Waals surface area (Å²) >= 11 is 0. The average Bonchev–Trinajstić information content (AvgIpc) is 3.47. The standard InChI is InChI=1S/C24H30N4O2/c1-17(2)27-13-19-14-28(16-24(19,15-27)23(30)26-11-5-6-12-26)22(29)21-10-9-18-7-3-4-8-20(18)25-21/h3-4,7-10,17,19H,5-6,11-16H2,1-2H3/t19-,24-/m0/s1. The molecule has 0 aliphatic carbocycles. The van der Waals surface area contributed by atoms with Crippen molar-refractivity contribution >= 4 is 22.7 Å². The minimum atomic E-state index is -0.471. The van der Waals surface area contributed by atoms with Crippen molar-refractivity contribution in [2.75, 3.05) is 39.3 Å². The van der Waals surface area contributed by atoms with Gasteiger partial charge in [-0.1, -0.05) is 24.3 Å². The Morgan fingerprint density at radius 1 is 1.00 bits per heavy atom. The molecule has 2 amide bonds. The Kier molecular flexibility index (Phi) is 4.77. The Morgan fingerprint density at radius 3 is 2.53 bits per heavy atom. The fraction of sp³-hybridized carbons (Fsp3) is 0.542. The van der Waals surface area contributed by atoms with Crippen LogP contribution in [-0.4, -0.2) is 76.8 Å². The lowest BCUT2D eigenvalue weighted by molar-refractivity contribution is -0.141. The zero-order valence-corrected chi connectivity index (χ0v) is 17.9. The molecule has 0 bridgehead atoms. The molecule has 3 fully saturated rings. The Hall–Kier alpha value is -2.47. The maximum absolute atomic E-state index is 13.6. The number of aromatic nitrogens is 1. The third-order valence-electron chi connectivity index (χ3n) is 7.29. The summed E-state index contributed by atoms with van der Waals surface area (Å²) in [5, 5.41) is 1.03. The van der Waals surface area contributed by atoms with Crippen molar-refractivity contribution in [2.24, 2.45) is 11.3 Å². The molecular weight excluding hydrogens is 376 g/mol. The van der Waals surface area contributed by atoms with Gasteiger partial charge in [-0.05, 0) is 38.8 Å². The van der Waals surface area contributed by atoms with E-state index in [-0.39, 0.29) is 17.7 Å². The summed E-state index contributed by atoms with van der Waals surface area (Å²) in [7, 11) is 0. The fourth-order valence-corrected chi connectivity index (χ4v) is 5.54. The first-order valence-corrected chi connectivity index (χ1v) is 11.2. The van der Waals surface area contributed by atoms with E-state index in [9.17, 15) is 9.59 Å². The number of carbonyl (C=O) groups excluding carboxylic acids is 2. The molecule has 6 nitrogen and oxygen atoms in total. The van der Waals surface area contributed by atoms with Crippen LogP contribution in [-0.2, 0) is 4.79 Å². The second-order valence-electron chi connectivity index (χ2n) is 9.45. The topological polar surface area (TPSA) is 56.8 Å². The summed E-state index contributed by atoms with van der Waals surface area (Å²) in [4.78, 5) is 37.9. The number of hydrogen-bond donors (Lipinski definition) is 0. The molecule has 2 atom stereocenters. The maximum atomic E-state index is 13.6. The summed E-state index contributed by atoms with van der Waals surface area (Å²) in [6, 6.07) is 12.0.